The van der Waals surface area contributed by atoms with Crippen LogP contribution in [0.15, 0.2) is 0 Å². The maximum Gasteiger partial charge on any atom is 0.311 e. The van der Waals surface area contributed by atoms with Gasteiger partial charge in [-0.1, -0.05) is 40.5 Å². The van der Waals surface area contributed by atoms with Crippen LogP contribution in [0.2, 0.25) is 0 Å². The highest BCUT2D eigenvalue weighted by atomic mass is 16.7. The van der Waals surface area contributed by atoms with Gasteiger partial charge < -0.3 is 42.6 Å². The van der Waals surface area contributed by atoms with Crippen molar-refractivity contribution in [1.29, 1.82) is 0 Å². The number of rotatable bonds is 24. The number of fused-ring (bicyclic) bond motifs is 31. The summed E-state index contributed by atoms with van der Waals surface area (Å²) in [6, 6.07) is 0. The molecule has 20 aliphatic rings. The van der Waals surface area contributed by atoms with Crippen molar-refractivity contribution in [3.8, 4) is 0 Å². The second-order valence-corrected chi connectivity index (χ2v) is 40.4. The Labute approximate surface area is 604 Å². The topological polar surface area (TPSA) is 185 Å². The predicted molar refractivity (Wildman–Crippen MR) is 375 cm³/mol. The minimum absolute atomic E-state index is 0.0159. The highest BCUT2D eigenvalue weighted by Gasteiger charge is 2.70. The summed E-state index contributed by atoms with van der Waals surface area (Å²) >= 11 is 0. The summed E-state index contributed by atoms with van der Waals surface area (Å²) in [4.78, 5) is 77.1. The molecule has 0 aliphatic heterocycles. The first-order chi connectivity index (χ1) is 48.6. The molecule has 0 spiro atoms. The standard InChI is InChI=1S/C31H46O5.C28H42O5.C27H40O5/c1-4-30(2,3)29(33)36-25-11-21-10-24(25)27-22-8-20(26(21)27)9-23(22)28(32)35-16-34-15-31-12-17-5-18(13-31)7-19(6-17)14-31;1-4-28(2,3)27(30)33-23-12-18-11-22(23)25-20-9-17(24(18)25)10-21(20)26(29)32-14-31-13-19-8-15-5-6-16(19)7-15;1-3-14(2)26(28)32-23-11-18-10-22(23)25-20-8-17(24(18)25)9-21(20)27(29)31-13-30-12-19-7-15-4-5-16(19)6-15/h17-27H,4-16H2,1-3H3;15-25H,4-14H2,1-3H3;14-25H,3-13H2,1-2H3. The molecule has 20 bridgehead atoms. The van der Waals surface area contributed by atoms with Crippen LogP contribution in [-0.2, 0) is 71.4 Å². The fraction of sp³-hybridized carbons (Fsp3) is 0.930. The van der Waals surface area contributed by atoms with Gasteiger partial charge in [-0.05, 0) is 366 Å². The van der Waals surface area contributed by atoms with Gasteiger partial charge in [-0.3, -0.25) is 28.8 Å². The molecule has 0 aromatic rings. The summed E-state index contributed by atoms with van der Waals surface area (Å²) in [5.41, 5.74) is -0.471. The number of hydrogen-bond donors (Lipinski definition) is 0. The Morgan fingerprint density at radius 2 is 0.733 bits per heavy atom. The SMILES string of the molecule is CCC(C)(C)C(=O)OC1CC2CC1C1C3CC(CC3C(=O)OCOCC34CC5CC(CC(C5)C3)C4)C21.CCC(C)(C)C(=O)OC1CC2CC1C1C3CC(CC3C(=O)OCOCC3CC4CCC3C4)C21.CCC(C)C(=O)OC1CC2CC1C1C3CC(CC3C(=O)OCOCC3CC4CCC3C4)C21. The third-order valence-corrected chi connectivity index (χ3v) is 34.7. The molecule has 31 unspecified atom stereocenters. The van der Waals surface area contributed by atoms with E-state index < -0.39 is 10.8 Å². The summed E-state index contributed by atoms with van der Waals surface area (Å²) in [5, 5.41) is 0. The second kappa shape index (κ2) is 27.7. The molecule has 0 saturated heterocycles. The van der Waals surface area contributed by atoms with Gasteiger partial charge in [0, 0.05) is 0 Å². The first-order valence-electron chi connectivity index (χ1n) is 42.5. The largest absolute Gasteiger partial charge is 0.462 e. The van der Waals surface area contributed by atoms with E-state index in [1.54, 1.807) is 0 Å². The van der Waals surface area contributed by atoms with Gasteiger partial charge in [0.1, 0.15) is 18.3 Å². The van der Waals surface area contributed by atoms with Crippen LogP contribution in [0.5, 0.6) is 0 Å². The van der Waals surface area contributed by atoms with Crippen molar-refractivity contribution in [3.05, 3.63) is 0 Å². The highest BCUT2D eigenvalue weighted by molar-refractivity contribution is 5.77. The average Bonchev–Trinajstić information content (AvgIpc) is 1.57. The Balaban J connectivity index is 0.000000113. The van der Waals surface area contributed by atoms with E-state index in [9.17, 15) is 28.8 Å². The minimum Gasteiger partial charge on any atom is -0.462 e. The molecule has 562 valence electrons. The summed E-state index contributed by atoms with van der Waals surface area (Å²) in [6.07, 6.45) is 35.0. The van der Waals surface area contributed by atoms with Crippen molar-refractivity contribution in [3.63, 3.8) is 0 Å². The number of hydrogen-bond acceptors (Lipinski definition) is 15. The van der Waals surface area contributed by atoms with Gasteiger partial charge in [0.2, 0.25) is 0 Å². The van der Waals surface area contributed by atoms with Crippen molar-refractivity contribution in [2.24, 2.45) is 200 Å². The molecule has 20 rings (SSSR count). The van der Waals surface area contributed by atoms with Crippen LogP contribution in [0.25, 0.3) is 0 Å². The molecule has 20 saturated carbocycles. The van der Waals surface area contributed by atoms with Crippen molar-refractivity contribution in [2.45, 2.75) is 260 Å². The van der Waals surface area contributed by atoms with Gasteiger partial charge >= 0.3 is 35.8 Å². The third kappa shape index (κ3) is 12.9. The molecule has 15 nitrogen and oxygen atoms in total. The van der Waals surface area contributed by atoms with Gasteiger partial charge in [0.25, 0.3) is 0 Å². The number of esters is 6. The maximum atomic E-state index is 13.2. The van der Waals surface area contributed by atoms with E-state index >= 15 is 0 Å². The summed E-state index contributed by atoms with van der Waals surface area (Å²) < 4.78 is 52.9. The number of ether oxygens (including phenoxy) is 9. The number of carbonyl (C=O) groups is 6. The van der Waals surface area contributed by atoms with Gasteiger partial charge in [-0.2, -0.15) is 0 Å². The predicted octanol–water partition coefficient (Wildman–Crippen LogP) is 16.0. The van der Waals surface area contributed by atoms with Gasteiger partial charge in [-0.25, -0.2) is 0 Å². The van der Waals surface area contributed by atoms with Gasteiger partial charge in [0.05, 0.1) is 54.3 Å². The Morgan fingerprint density at radius 3 is 1.08 bits per heavy atom. The Hall–Kier alpha value is -3.30. The zero-order valence-corrected chi connectivity index (χ0v) is 63.0. The lowest BCUT2D eigenvalue weighted by Crippen LogP contribution is -2.48. The van der Waals surface area contributed by atoms with E-state index in [1.807, 2.05) is 48.5 Å². The van der Waals surface area contributed by atoms with Crippen molar-refractivity contribution in [1.82, 2.24) is 0 Å². The van der Waals surface area contributed by atoms with E-state index in [0.717, 1.165) is 150 Å². The lowest BCUT2D eigenvalue weighted by atomic mass is 9.50. The molecule has 20 aliphatic carbocycles. The molecule has 0 radical (unpaired) electrons. The van der Waals surface area contributed by atoms with Crippen LogP contribution in [0.1, 0.15) is 242 Å². The van der Waals surface area contributed by atoms with Gasteiger partial charge in [-0.15, -0.1) is 0 Å². The van der Waals surface area contributed by atoms with Crippen LogP contribution in [-0.4, -0.2) is 94.3 Å². The zero-order chi connectivity index (χ0) is 69.7. The first-order valence-corrected chi connectivity index (χ1v) is 42.5. The normalized spacial score (nSPS) is 48.2. The molecule has 31 atom stereocenters. The molecule has 0 aromatic carbocycles. The van der Waals surface area contributed by atoms with E-state index in [2.05, 4.69) is 6.92 Å². The Bertz CT molecular complexity index is 3050. The number of carbonyl (C=O) groups excluding carboxylic acids is 6. The van der Waals surface area contributed by atoms with Crippen LogP contribution < -0.4 is 0 Å². The van der Waals surface area contributed by atoms with Crippen molar-refractivity contribution in [2.75, 3.05) is 40.2 Å². The minimum atomic E-state index is -0.418. The summed E-state index contributed by atoms with van der Waals surface area (Å²) in [6.45, 7) is 18.7. The van der Waals surface area contributed by atoms with E-state index in [0.29, 0.717) is 106 Å². The third-order valence-electron chi connectivity index (χ3n) is 34.7. The van der Waals surface area contributed by atoms with Crippen LogP contribution in [0, 0.1) is 200 Å². The smallest absolute Gasteiger partial charge is 0.311 e. The summed E-state index contributed by atoms with van der Waals surface area (Å²) in [7, 11) is 0. The quantitative estimate of drug-likeness (QED) is 0.0292. The molecule has 101 heavy (non-hydrogen) atoms. The lowest BCUT2D eigenvalue weighted by molar-refractivity contribution is -0.175. The van der Waals surface area contributed by atoms with E-state index in [1.165, 1.54) is 116 Å². The first kappa shape index (κ1) is 70.7. The maximum absolute atomic E-state index is 13.2. The zero-order valence-electron chi connectivity index (χ0n) is 63.0. The average molecular weight is 1400 g/mol. The lowest BCUT2D eigenvalue weighted by Gasteiger charge is -2.56. The fourth-order valence-electron chi connectivity index (χ4n) is 30.1. The fourth-order valence-corrected chi connectivity index (χ4v) is 30.1. The van der Waals surface area contributed by atoms with Crippen LogP contribution >= 0.6 is 0 Å². The molecule has 20 fully saturated rings. The summed E-state index contributed by atoms with van der Waals surface area (Å²) in [5.74, 6) is 17.9. The Morgan fingerprint density at radius 1 is 0.376 bits per heavy atom. The second-order valence-electron chi connectivity index (χ2n) is 40.4. The molecular formula is C86H128O15. The monoisotopic (exact) mass is 1400 g/mol. The molecular weight excluding hydrogens is 1270 g/mol. The molecule has 15 heteroatoms. The van der Waals surface area contributed by atoms with Crippen molar-refractivity contribution >= 4 is 35.8 Å². The van der Waals surface area contributed by atoms with E-state index in [-0.39, 0.29) is 98.2 Å². The molecule has 0 N–H and O–H groups in total. The van der Waals surface area contributed by atoms with Crippen LogP contribution in [0.4, 0.5) is 0 Å². The van der Waals surface area contributed by atoms with Crippen molar-refractivity contribution < 1.29 is 71.4 Å². The molecule has 0 amide bonds. The van der Waals surface area contributed by atoms with E-state index in [4.69, 9.17) is 42.6 Å². The van der Waals surface area contributed by atoms with Crippen LogP contribution in [0.3, 0.4) is 0 Å². The van der Waals surface area contributed by atoms with Gasteiger partial charge in [0.15, 0.2) is 20.4 Å². The highest BCUT2D eigenvalue weighted by Crippen LogP contribution is 2.73. The Kier molecular flexibility index (Phi) is 19.4. The molecule has 0 heterocycles. The molecule has 0 aromatic heterocycles.